The fourth-order valence-electron chi connectivity index (χ4n) is 2.77. The minimum atomic E-state index is 0.226. The molecule has 0 fully saturated rings. The first-order valence-electron chi connectivity index (χ1n) is 7.31. The van der Waals surface area contributed by atoms with E-state index < -0.39 is 0 Å². The maximum atomic E-state index is 5.70. The minimum absolute atomic E-state index is 0.226. The van der Waals surface area contributed by atoms with Crippen LogP contribution in [0.5, 0.6) is 5.75 Å². The summed E-state index contributed by atoms with van der Waals surface area (Å²) >= 11 is 0. The van der Waals surface area contributed by atoms with Crippen molar-refractivity contribution in [3.63, 3.8) is 0 Å². The van der Waals surface area contributed by atoms with Crippen LogP contribution in [0.3, 0.4) is 0 Å². The Labute approximate surface area is 120 Å². The van der Waals surface area contributed by atoms with E-state index in [0.717, 1.165) is 18.7 Å². The second-order valence-electron chi connectivity index (χ2n) is 5.67. The highest BCUT2D eigenvalue weighted by atomic mass is 16.5. The third-order valence-electron chi connectivity index (χ3n) is 3.75. The summed E-state index contributed by atoms with van der Waals surface area (Å²) in [4.78, 5) is 0. The minimum Gasteiger partial charge on any atom is -0.491 e. The van der Waals surface area contributed by atoms with Crippen LogP contribution in [0.1, 0.15) is 30.9 Å². The molecular formula is C18H21NO. The lowest BCUT2D eigenvalue weighted by atomic mass is 9.88. The molecule has 0 spiro atoms. The standard InChI is InChI=1S/C18H21NO/c1-13(2)20-17-9-7-14(8-10-17)16-11-15-5-3-4-6-18(15)19-12-16/h3-10,13,16,19H,11-12H2,1-2H3. The Morgan fingerprint density at radius 1 is 1.05 bits per heavy atom. The molecule has 2 aromatic carbocycles. The summed E-state index contributed by atoms with van der Waals surface area (Å²) in [6.45, 7) is 5.10. The van der Waals surface area contributed by atoms with E-state index in [0.29, 0.717) is 5.92 Å². The van der Waals surface area contributed by atoms with Crippen LogP contribution in [0.4, 0.5) is 5.69 Å². The van der Waals surface area contributed by atoms with Gasteiger partial charge in [0.25, 0.3) is 0 Å². The average molecular weight is 267 g/mol. The summed E-state index contributed by atoms with van der Waals surface area (Å²) in [7, 11) is 0. The molecule has 104 valence electrons. The molecule has 1 N–H and O–H groups in total. The summed E-state index contributed by atoms with van der Waals surface area (Å²) in [6, 6.07) is 17.1. The van der Waals surface area contributed by atoms with Gasteiger partial charge >= 0.3 is 0 Å². The van der Waals surface area contributed by atoms with Gasteiger partial charge in [-0.3, -0.25) is 0 Å². The van der Waals surface area contributed by atoms with Gasteiger partial charge in [0.1, 0.15) is 5.75 Å². The largest absolute Gasteiger partial charge is 0.491 e. The van der Waals surface area contributed by atoms with Crippen LogP contribution in [0.15, 0.2) is 48.5 Å². The first kappa shape index (κ1) is 13.0. The Morgan fingerprint density at radius 2 is 1.80 bits per heavy atom. The van der Waals surface area contributed by atoms with Gasteiger partial charge in [-0.1, -0.05) is 30.3 Å². The topological polar surface area (TPSA) is 21.3 Å². The van der Waals surface area contributed by atoms with Crippen LogP contribution >= 0.6 is 0 Å². The Bertz CT molecular complexity index is 574. The molecule has 0 bridgehead atoms. The zero-order valence-electron chi connectivity index (χ0n) is 12.1. The van der Waals surface area contributed by atoms with E-state index in [1.54, 1.807) is 0 Å². The summed E-state index contributed by atoms with van der Waals surface area (Å²) in [5.74, 6) is 1.49. The highest BCUT2D eigenvalue weighted by Gasteiger charge is 2.19. The van der Waals surface area contributed by atoms with Crippen molar-refractivity contribution < 1.29 is 4.74 Å². The zero-order valence-corrected chi connectivity index (χ0v) is 12.1. The summed E-state index contributed by atoms with van der Waals surface area (Å²) in [5.41, 5.74) is 4.07. The number of ether oxygens (including phenoxy) is 1. The molecule has 0 saturated heterocycles. The molecule has 20 heavy (non-hydrogen) atoms. The number of hydrogen-bond donors (Lipinski definition) is 1. The molecule has 0 radical (unpaired) electrons. The van der Waals surface area contributed by atoms with Crippen molar-refractivity contribution in [3.8, 4) is 5.75 Å². The highest BCUT2D eigenvalue weighted by Crippen LogP contribution is 2.31. The van der Waals surface area contributed by atoms with Gasteiger partial charge in [-0.05, 0) is 49.6 Å². The number of rotatable bonds is 3. The number of nitrogens with one attached hydrogen (secondary N) is 1. The van der Waals surface area contributed by atoms with Gasteiger partial charge in [0.05, 0.1) is 6.10 Å². The molecule has 0 saturated carbocycles. The van der Waals surface area contributed by atoms with E-state index in [2.05, 4.69) is 67.7 Å². The number of para-hydroxylation sites is 1. The van der Waals surface area contributed by atoms with Crippen molar-refractivity contribution in [2.24, 2.45) is 0 Å². The van der Waals surface area contributed by atoms with Gasteiger partial charge < -0.3 is 10.1 Å². The van der Waals surface area contributed by atoms with Crippen molar-refractivity contribution in [2.75, 3.05) is 11.9 Å². The fraction of sp³-hybridized carbons (Fsp3) is 0.333. The lowest BCUT2D eigenvalue weighted by molar-refractivity contribution is 0.242. The summed E-state index contributed by atoms with van der Waals surface area (Å²) in [6.07, 6.45) is 1.33. The van der Waals surface area contributed by atoms with Crippen molar-refractivity contribution in [1.29, 1.82) is 0 Å². The first-order chi connectivity index (χ1) is 9.72. The Kier molecular flexibility index (Phi) is 3.64. The number of fused-ring (bicyclic) bond motifs is 1. The maximum Gasteiger partial charge on any atom is 0.119 e. The number of benzene rings is 2. The number of hydrogen-bond acceptors (Lipinski definition) is 2. The molecular weight excluding hydrogens is 246 g/mol. The van der Waals surface area contributed by atoms with Crippen LogP contribution < -0.4 is 10.1 Å². The van der Waals surface area contributed by atoms with Gasteiger partial charge in [-0.15, -0.1) is 0 Å². The predicted molar refractivity (Wildman–Crippen MR) is 83.6 cm³/mol. The lowest BCUT2D eigenvalue weighted by Crippen LogP contribution is -2.21. The monoisotopic (exact) mass is 267 g/mol. The van der Waals surface area contributed by atoms with Gasteiger partial charge in [0, 0.05) is 18.2 Å². The molecule has 2 nitrogen and oxygen atoms in total. The van der Waals surface area contributed by atoms with Crippen molar-refractivity contribution in [3.05, 3.63) is 59.7 Å². The van der Waals surface area contributed by atoms with Crippen LogP contribution in [-0.4, -0.2) is 12.6 Å². The van der Waals surface area contributed by atoms with Crippen LogP contribution in [-0.2, 0) is 6.42 Å². The summed E-state index contributed by atoms with van der Waals surface area (Å²) in [5, 5.41) is 3.53. The first-order valence-corrected chi connectivity index (χ1v) is 7.31. The van der Waals surface area contributed by atoms with Crippen molar-refractivity contribution in [2.45, 2.75) is 32.3 Å². The van der Waals surface area contributed by atoms with Crippen molar-refractivity contribution >= 4 is 5.69 Å². The quantitative estimate of drug-likeness (QED) is 0.898. The van der Waals surface area contributed by atoms with Crippen LogP contribution in [0.2, 0.25) is 0 Å². The predicted octanol–water partition coefficient (Wildman–Crippen LogP) is 4.23. The average Bonchev–Trinajstić information content (AvgIpc) is 2.47. The van der Waals surface area contributed by atoms with Gasteiger partial charge in [-0.2, -0.15) is 0 Å². The molecule has 1 aliphatic heterocycles. The fourth-order valence-corrected chi connectivity index (χ4v) is 2.77. The smallest absolute Gasteiger partial charge is 0.119 e. The number of anilines is 1. The zero-order chi connectivity index (χ0) is 13.9. The molecule has 0 aliphatic carbocycles. The lowest BCUT2D eigenvalue weighted by Gasteiger charge is -2.26. The van der Waals surface area contributed by atoms with E-state index in [1.165, 1.54) is 16.8 Å². The molecule has 2 heteroatoms. The van der Waals surface area contributed by atoms with E-state index in [4.69, 9.17) is 4.74 Å². The second kappa shape index (κ2) is 5.58. The molecule has 1 unspecified atom stereocenters. The molecule has 1 atom stereocenters. The molecule has 0 amide bonds. The summed E-state index contributed by atoms with van der Waals surface area (Å²) < 4.78 is 5.70. The highest BCUT2D eigenvalue weighted by molar-refractivity contribution is 5.54. The third-order valence-corrected chi connectivity index (χ3v) is 3.75. The molecule has 3 rings (SSSR count). The SMILES string of the molecule is CC(C)Oc1ccc(C2CNc3ccccc3C2)cc1. The van der Waals surface area contributed by atoms with E-state index in [-0.39, 0.29) is 6.10 Å². The Morgan fingerprint density at radius 3 is 2.55 bits per heavy atom. The Balaban J connectivity index is 1.74. The molecule has 1 heterocycles. The maximum absolute atomic E-state index is 5.70. The normalized spacial score (nSPS) is 17.4. The molecule has 2 aromatic rings. The van der Waals surface area contributed by atoms with Crippen molar-refractivity contribution in [1.82, 2.24) is 0 Å². The van der Waals surface area contributed by atoms with Gasteiger partial charge in [0.15, 0.2) is 0 Å². The molecule has 0 aromatic heterocycles. The molecule has 1 aliphatic rings. The Hall–Kier alpha value is -1.96. The second-order valence-corrected chi connectivity index (χ2v) is 5.67. The van der Waals surface area contributed by atoms with Gasteiger partial charge in [-0.25, -0.2) is 0 Å². The van der Waals surface area contributed by atoms with E-state index in [9.17, 15) is 0 Å². The van der Waals surface area contributed by atoms with Crippen LogP contribution in [0.25, 0.3) is 0 Å². The van der Waals surface area contributed by atoms with E-state index in [1.807, 2.05) is 0 Å². The third kappa shape index (κ3) is 2.79. The van der Waals surface area contributed by atoms with Gasteiger partial charge in [0.2, 0.25) is 0 Å². The van der Waals surface area contributed by atoms with E-state index >= 15 is 0 Å². The van der Waals surface area contributed by atoms with Crippen LogP contribution in [0, 0.1) is 0 Å².